The molecule has 1 amide bonds. The molecule has 124 valence electrons. The first-order chi connectivity index (χ1) is 11.2. The van der Waals surface area contributed by atoms with Crippen LogP contribution in [0.4, 0.5) is 0 Å². The van der Waals surface area contributed by atoms with Gasteiger partial charge < -0.3 is 9.64 Å². The number of aromatic amines is 1. The minimum atomic E-state index is -0.504. The van der Waals surface area contributed by atoms with Gasteiger partial charge in [0.15, 0.2) is 0 Å². The molecule has 3 heterocycles. The summed E-state index contributed by atoms with van der Waals surface area (Å²) >= 11 is 0. The number of nitrogens with zero attached hydrogens (tertiary/aromatic N) is 3. The summed E-state index contributed by atoms with van der Waals surface area (Å²) in [4.78, 5) is 30.9. The summed E-state index contributed by atoms with van der Waals surface area (Å²) in [5, 5.41) is 6.82. The number of amides is 1. The Balaban J connectivity index is 1.42. The third-order valence-electron chi connectivity index (χ3n) is 5.70. The van der Waals surface area contributed by atoms with E-state index >= 15 is 0 Å². The Bertz CT molecular complexity index is 586. The van der Waals surface area contributed by atoms with Crippen LogP contribution in [0.3, 0.4) is 0 Å². The van der Waals surface area contributed by atoms with E-state index in [1.165, 1.54) is 6.33 Å². The predicted molar refractivity (Wildman–Crippen MR) is 80.3 cm³/mol. The van der Waals surface area contributed by atoms with E-state index in [9.17, 15) is 9.59 Å². The van der Waals surface area contributed by atoms with E-state index in [0.717, 1.165) is 44.3 Å². The van der Waals surface area contributed by atoms with Crippen LogP contribution in [0.2, 0.25) is 0 Å². The molecule has 3 fully saturated rings. The highest BCUT2D eigenvalue weighted by molar-refractivity contribution is 5.88. The van der Waals surface area contributed by atoms with Gasteiger partial charge in [-0.1, -0.05) is 0 Å². The molecule has 0 radical (unpaired) electrons. The zero-order chi connectivity index (χ0) is 15.9. The topological polar surface area (TPSA) is 88.2 Å². The SMILES string of the molecule is O=C1CC(C(=O)N2CCC(c3ncn[nH]3)CC2)C2(CCCC2)O1. The molecule has 1 aromatic heterocycles. The molecule has 7 heteroatoms. The molecule has 2 saturated heterocycles. The lowest BCUT2D eigenvalue weighted by atomic mass is 9.84. The molecule has 1 N–H and O–H groups in total. The number of ether oxygens (including phenoxy) is 1. The number of rotatable bonds is 2. The quantitative estimate of drug-likeness (QED) is 0.832. The second kappa shape index (κ2) is 5.62. The van der Waals surface area contributed by atoms with Crippen LogP contribution in [0.5, 0.6) is 0 Å². The average Bonchev–Trinajstić information content (AvgIpc) is 3.29. The highest BCUT2D eigenvalue weighted by Gasteiger charge is 2.54. The van der Waals surface area contributed by atoms with Gasteiger partial charge in [-0.2, -0.15) is 5.10 Å². The molecule has 1 saturated carbocycles. The first kappa shape index (κ1) is 14.7. The summed E-state index contributed by atoms with van der Waals surface area (Å²) in [6.07, 6.45) is 7.31. The Kier molecular flexibility index (Phi) is 3.58. The molecule has 1 aromatic rings. The van der Waals surface area contributed by atoms with E-state index in [-0.39, 0.29) is 24.2 Å². The number of hydrogen-bond donors (Lipinski definition) is 1. The van der Waals surface area contributed by atoms with Crippen molar-refractivity contribution in [1.29, 1.82) is 0 Å². The maximum atomic E-state index is 13.0. The minimum absolute atomic E-state index is 0.105. The molecule has 2 aliphatic heterocycles. The van der Waals surface area contributed by atoms with Crippen LogP contribution < -0.4 is 0 Å². The number of carbonyl (C=O) groups is 2. The van der Waals surface area contributed by atoms with Crippen LogP contribution in [0, 0.1) is 5.92 Å². The average molecular weight is 318 g/mol. The van der Waals surface area contributed by atoms with Gasteiger partial charge in [0.1, 0.15) is 17.8 Å². The Hall–Kier alpha value is -1.92. The summed E-state index contributed by atoms with van der Waals surface area (Å²) in [5.41, 5.74) is -0.504. The van der Waals surface area contributed by atoms with Crippen LogP contribution in [-0.4, -0.2) is 50.6 Å². The monoisotopic (exact) mass is 318 g/mol. The van der Waals surface area contributed by atoms with Gasteiger partial charge in [-0.05, 0) is 38.5 Å². The zero-order valence-electron chi connectivity index (χ0n) is 13.2. The lowest BCUT2D eigenvalue weighted by Gasteiger charge is -2.36. The third kappa shape index (κ3) is 2.52. The lowest BCUT2D eigenvalue weighted by Crippen LogP contribution is -2.47. The molecule has 0 bridgehead atoms. The number of likely N-dealkylation sites (tertiary alicyclic amines) is 1. The Morgan fingerprint density at radius 3 is 2.70 bits per heavy atom. The van der Waals surface area contributed by atoms with Gasteiger partial charge in [0.2, 0.25) is 5.91 Å². The van der Waals surface area contributed by atoms with Gasteiger partial charge in [0.05, 0.1) is 12.3 Å². The van der Waals surface area contributed by atoms with Crippen LogP contribution in [0.1, 0.15) is 56.7 Å². The van der Waals surface area contributed by atoms with Gasteiger partial charge >= 0.3 is 5.97 Å². The fourth-order valence-electron chi connectivity index (χ4n) is 4.43. The Morgan fingerprint density at radius 1 is 1.30 bits per heavy atom. The van der Waals surface area contributed by atoms with E-state index in [4.69, 9.17) is 4.74 Å². The molecule has 0 aromatic carbocycles. The largest absolute Gasteiger partial charge is 0.458 e. The highest BCUT2D eigenvalue weighted by atomic mass is 16.6. The van der Waals surface area contributed by atoms with Crippen molar-refractivity contribution in [3.63, 3.8) is 0 Å². The van der Waals surface area contributed by atoms with Gasteiger partial charge in [0, 0.05) is 19.0 Å². The van der Waals surface area contributed by atoms with Gasteiger partial charge in [-0.15, -0.1) is 0 Å². The number of nitrogens with one attached hydrogen (secondary N) is 1. The van der Waals surface area contributed by atoms with Gasteiger partial charge in [-0.25, -0.2) is 4.98 Å². The summed E-state index contributed by atoms with van der Waals surface area (Å²) < 4.78 is 5.60. The highest BCUT2D eigenvalue weighted by Crippen LogP contribution is 2.46. The smallest absolute Gasteiger partial charge is 0.307 e. The Morgan fingerprint density at radius 2 is 2.04 bits per heavy atom. The number of H-pyrrole nitrogens is 1. The van der Waals surface area contributed by atoms with E-state index < -0.39 is 5.60 Å². The van der Waals surface area contributed by atoms with Crippen molar-refractivity contribution in [1.82, 2.24) is 20.1 Å². The molecule has 1 aliphatic carbocycles. The van der Waals surface area contributed by atoms with Gasteiger partial charge in [0.25, 0.3) is 0 Å². The molecule has 1 unspecified atom stereocenters. The molecular weight excluding hydrogens is 296 g/mol. The molecule has 1 spiro atoms. The molecule has 23 heavy (non-hydrogen) atoms. The normalized spacial score (nSPS) is 27.6. The van der Waals surface area contributed by atoms with Crippen LogP contribution in [-0.2, 0) is 14.3 Å². The summed E-state index contributed by atoms with van der Waals surface area (Å²) in [6, 6.07) is 0. The van der Waals surface area contributed by atoms with Crippen LogP contribution >= 0.6 is 0 Å². The zero-order valence-corrected chi connectivity index (χ0v) is 13.2. The summed E-state index contributed by atoms with van der Waals surface area (Å²) in [6.45, 7) is 1.43. The van der Waals surface area contributed by atoms with Crippen molar-refractivity contribution in [2.24, 2.45) is 5.92 Å². The van der Waals surface area contributed by atoms with E-state index in [1.54, 1.807) is 0 Å². The second-order valence-corrected chi connectivity index (χ2v) is 6.97. The maximum Gasteiger partial charge on any atom is 0.307 e. The van der Waals surface area contributed by atoms with Crippen LogP contribution in [0.15, 0.2) is 6.33 Å². The van der Waals surface area contributed by atoms with Crippen molar-refractivity contribution >= 4 is 11.9 Å². The molecular formula is C16H22N4O3. The van der Waals surface area contributed by atoms with Crippen LogP contribution in [0.25, 0.3) is 0 Å². The van der Waals surface area contributed by atoms with E-state index in [0.29, 0.717) is 19.0 Å². The first-order valence-electron chi connectivity index (χ1n) is 8.54. The fourth-order valence-corrected chi connectivity index (χ4v) is 4.43. The number of piperidine rings is 1. The number of hydrogen-bond acceptors (Lipinski definition) is 5. The van der Waals surface area contributed by atoms with E-state index in [1.807, 2.05) is 4.90 Å². The fraction of sp³-hybridized carbons (Fsp3) is 0.750. The molecule has 3 aliphatic rings. The number of aromatic nitrogens is 3. The van der Waals surface area contributed by atoms with Crippen molar-refractivity contribution in [3.8, 4) is 0 Å². The van der Waals surface area contributed by atoms with Crippen molar-refractivity contribution in [3.05, 3.63) is 12.2 Å². The summed E-state index contributed by atoms with van der Waals surface area (Å²) in [5.74, 6) is 0.863. The van der Waals surface area contributed by atoms with E-state index in [2.05, 4.69) is 15.2 Å². The van der Waals surface area contributed by atoms with Crippen molar-refractivity contribution in [2.45, 2.75) is 56.5 Å². The predicted octanol–water partition coefficient (Wildman–Crippen LogP) is 1.39. The third-order valence-corrected chi connectivity index (χ3v) is 5.70. The first-order valence-corrected chi connectivity index (χ1v) is 8.54. The Labute approximate surface area is 134 Å². The number of carbonyl (C=O) groups excluding carboxylic acids is 2. The standard InChI is InChI=1S/C16H22N4O3/c21-13-9-12(16(23-13)5-1-2-6-16)15(22)20-7-3-11(4-8-20)14-17-10-18-19-14/h10-12H,1-9H2,(H,17,18,19). The van der Waals surface area contributed by atoms with Crippen molar-refractivity contribution < 1.29 is 14.3 Å². The number of esters is 1. The maximum absolute atomic E-state index is 13.0. The molecule has 7 nitrogen and oxygen atoms in total. The second-order valence-electron chi connectivity index (χ2n) is 6.97. The summed E-state index contributed by atoms with van der Waals surface area (Å²) in [7, 11) is 0. The minimum Gasteiger partial charge on any atom is -0.458 e. The van der Waals surface area contributed by atoms with Crippen molar-refractivity contribution in [2.75, 3.05) is 13.1 Å². The lowest BCUT2D eigenvalue weighted by molar-refractivity contribution is -0.152. The molecule has 1 atom stereocenters. The van der Waals surface area contributed by atoms with Gasteiger partial charge in [-0.3, -0.25) is 14.7 Å². The molecule has 4 rings (SSSR count).